The van der Waals surface area contributed by atoms with E-state index in [-0.39, 0.29) is 55.6 Å². The third kappa shape index (κ3) is 5.70. The first kappa shape index (κ1) is 42.2. The van der Waals surface area contributed by atoms with Crippen LogP contribution in [0.15, 0.2) is 24.3 Å². The molecule has 0 spiro atoms. The summed E-state index contributed by atoms with van der Waals surface area (Å²) in [5.41, 5.74) is -6.38. The predicted molar refractivity (Wildman–Crippen MR) is 163 cm³/mol. The molecular formula is C35H38F10O11. The zero-order valence-electron chi connectivity index (χ0n) is 29.8. The lowest BCUT2D eigenvalue weighted by Crippen LogP contribution is -2.67. The molecule has 4 aliphatic carbocycles. The van der Waals surface area contributed by atoms with Crippen LogP contribution < -0.4 is 0 Å². The largest absolute Gasteiger partial charge is 0.462 e. The van der Waals surface area contributed by atoms with Crippen LogP contribution in [0.1, 0.15) is 78.1 Å². The summed E-state index contributed by atoms with van der Waals surface area (Å²) in [6.45, 7) is 8.88. The summed E-state index contributed by atoms with van der Waals surface area (Å²) in [6, 6.07) is 0. The second kappa shape index (κ2) is 13.3. The summed E-state index contributed by atoms with van der Waals surface area (Å²) in [7, 11) is 0. The molecule has 3 heterocycles. The Morgan fingerprint density at radius 1 is 0.750 bits per heavy atom. The normalized spacial score (nSPS) is 41.4. The molecule has 3 saturated heterocycles. The van der Waals surface area contributed by atoms with Crippen LogP contribution in [0.2, 0.25) is 0 Å². The molecule has 0 aromatic heterocycles. The number of hydrogen-bond donors (Lipinski definition) is 1. The molecule has 314 valence electrons. The van der Waals surface area contributed by atoms with E-state index in [0.29, 0.717) is 12.8 Å². The maximum atomic E-state index is 16.0. The minimum absolute atomic E-state index is 0.0441. The highest BCUT2D eigenvalue weighted by atomic mass is 19.4. The number of carbonyl (C=O) groups is 4. The lowest BCUT2D eigenvalue weighted by Gasteiger charge is -2.42. The third-order valence-electron chi connectivity index (χ3n) is 12.1. The van der Waals surface area contributed by atoms with E-state index < -0.39 is 120 Å². The maximum Gasteiger partial charge on any atom is 0.462 e. The molecule has 0 aromatic rings. The van der Waals surface area contributed by atoms with Gasteiger partial charge in [0, 0.05) is 17.1 Å². The summed E-state index contributed by atoms with van der Waals surface area (Å²) < 4.78 is 171. The van der Waals surface area contributed by atoms with Gasteiger partial charge in [0.05, 0.1) is 11.8 Å². The average Bonchev–Trinajstić information content (AvgIpc) is 3.80. The van der Waals surface area contributed by atoms with Crippen LogP contribution in [0.4, 0.5) is 43.9 Å². The fourth-order valence-corrected chi connectivity index (χ4v) is 9.41. The van der Waals surface area contributed by atoms with Crippen molar-refractivity contribution < 1.29 is 96.6 Å². The lowest BCUT2D eigenvalue weighted by atomic mass is 9.77. The van der Waals surface area contributed by atoms with Crippen molar-refractivity contribution >= 4 is 23.9 Å². The Hall–Kier alpha value is -3.46. The first-order valence-corrected chi connectivity index (χ1v) is 17.8. The monoisotopic (exact) mass is 824 g/mol. The maximum absolute atomic E-state index is 16.0. The highest BCUT2D eigenvalue weighted by Gasteiger charge is 2.90. The van der Waals surface area contributed by atoms with Gasteiger partial charge in [-0.15, -0.1) is 0 Å². The zero-order chi connectivity index (χ0) is 41.8. The van der Waals surface area contributed by atoms with Crippen LogP contribution in [-0.2, 0) is 47.6 Å². The van der Waals surface area contributed by atoms with Crippen molar-refractivity contribution in [3.05, 3.63) is 24.3 Å². The SMILES string of the molecule is C=C(C)C(=O)OC12CCCCC1OC(O)(C(F)(F)F)C2(F)F.C=C(C)C(=O)OC12CCCCC1OC(OC(=O)C1C3CC4OC(=O)C1C4C3)(C(F)(F)F)C2(F)F. The van der Waals surface area contributed by atoms with Crippen molar-refractivity contribution in [3.8, 4) is 0 Å². The summed E-state index contributed by atoms with van der Waals surface area (Å²) in [5.74, 6) is -27.3. The van der Waals surface area contributed by atoms with E-state index in [4.69, 9.17) is 18.9 Å². The van der Waals surface area contributed by atoms with Gasteiger partial charge in [0.25, 0.3) is 0 Å². The van der Waals surface area contributed by atoms with Crippen LogP contribution >= 0.6 is 0 Å². The summed E-state index contributed by atoms with van der Waals surface area (Å²) in [4.78, 5) is 49.0. The molecule has 11 atom stereocenters. The minimum atomic E-state index is -5.87. The van der Waals surface area contributed by atoms with E-state index in [0.717, 1.165) is 0 Å². The Bertz CT molecular complexity index is 1700. The van der Waals surface area contributed by atoms with Crippen molar-refractivity contribution in [2.24, 2.45) is 23.7 Å². The van der Waals surface area contributed by atoms with E-state index in [1.807, 2.05) is 0 Å². The Labute approximate surface area is 312 Å². The van der Waals surface area contributed by atoms with E-state index in [1.54, 1.807) is 0 Å². The standard InChI is InChI=1S/C22H23F5O7.C13H15F5O4/c1-9(2)16(28)33-19-6-4-3-5-13(19)32-21(20(19,23)24,22(25,26)27)34-18(30)14-10-7-11-12(8-10)31-17(29)15(11)14;1-7(2)9(19)22-10-6-4-3-5-8(10)21-12(20,11(10,14)15)13(16,17)18/h10-15H,1,3-8H2,2H3;8,20H,1,3-6H2,2H3. The molecule has 0 amide bonds. The number of esters is 4. The van der Waals surface area contributed by atoms with Crippen molar-refractivity contribution in [2.45, 2.75) is 143 Å². The van der Waals surface area contributed by atoms with Gasteiger partial charge in [0.15, 0.2) is 0 Å². The summed E-state index contributed by atoms with van der Waals surface area (Å²) in [5, 5.41) is 9.49. The number of alkyl halides is 10. The van der Waals surface area contributed by atoms with Gasteiger partial charge in [-0.25, -0.2) is 9.59 Å². The molecule has 3 aliphatic heterocycles. The molecule has 0 aromatic carbocycles. The van der Waals surface area contributed by atoms with Crippen molar-refractivity contribution in [1.82, 2.24) is 0 Å². The van der Waals surface area contributed by atoms with Crippen molar-refractivity contribution in [2.75, 3.05) is 0 Å². The van der Waals surface area contributed by atoms with Gasteiger partial charge in [-0.2, -0.15) is 43.9 Å². The molecule has 4 saturated carbocycles. The van der Waals surface area contributed by atoms with Crippen LogP contribution in [-0.4, -0.2) is 94.3 Å². The van der Waals surface area contributed by atoms with Crippen LogP contribution in [0.5, 0.6) is 0 Å². The predicted octanol–water partition coefficient (Wildman–Crippen LogP) is 6.16. The molecule has 7 aliphatic rings. The lowest BCUT2D eigenvalue weighted by molar-refractivity contribution is -0.413. The number of ether oxygens (including phenoxy) is 6. The fraction of sp³-hybridized carbons (Fsp3) is 0.771. The van der Waals surface area contributed by atoms with Gasteiger partial charge < -0.3 is 33.5 Å². The minimum Gasteiger partial charge on any atom is -0.462 e. The van der Waals surface area contributed by atoms with Crippen molar-refractivity contribution in [3.63, 3.8) is 0 Å². The van der Waals surface area contributed by atoms with Gasteiger partial charge in [0.1, 0.15) is 18.3 Å². The number of carbonyl (C=O) groups excluding carboxylic acids is 4. The number of rotatable bonds is 6. The Kier molecular flexibility index (Phi) is 10.0. The number of halogens is 10. The van der Waals surface area contributed by atoms with Crippen LogP contribution in [0.25, 0.3) is 0 Å². The molecule has 11 nitrogen and oxygen atoms in total. The highest BCUT2D eigenvalue weighted by molar-refractivity contribution is 5.88. The summed E-state index contributed by atoms with van der Waals surface area (Å²) >= 11 is 0. The molecular weight excluding hydrogens is 786 g/mol. The van der Waals surface area contributed by atoms with Crippen LogP contribution in [0, 0.1) is 23.7 Å². The molecule has 1 N–H and O–H groups in total. The second-order valence-corrected chi connectivity index (χ2v) is 15.6. The third-order valence-corrected chi connectivity index (χ3v) is 12.1. The quantitative estimate of drug-likeness (QED) is 0.143. The first-order chi connectivity index (χ1) is 25.6. The summed E-state index contributed by atoms with van der Waals surface area (Å²) in [6.07, 6.45) is -15.9. The molecule has 21 heteroatoms. The Balaban J connectivity index is 0.000000209. The average molecular weight is 825 g/mol. The van der Waals surface area contributed by atoms with Gasteiger partial charge in [-0.1, -0.05) is 26.0 Å². The molecule has 2 bridgehead atoms. The second-order valence-electron chi connectivity index (χ2n) is 15.6. The molecule has 0 radical (unpaired) electrons. The highest BCUT2D eigenvalue weighted by Crippen LogP contribution is 2.65. The number of aliphatic hydroxyl groups is 1. The van der Waals surface area contributed by atoms with E-state index in [9.17, 15) is 59.4 Å². The zero-order valence-corrected chi connectivity index (χ0v) is 29.8. The van der Waals surface area contributed by atoms with Gasteiger partial charge >= 0.3 is 59.6 Å². The molecule has 7 rings (SSSR count). The van der Waals surface area contributed by atoms with E-state index in [2.05, 4.69) is 22.6 Å². The Morgan fingerprint density at radius 3 is 1.73 bits per heavy atom. The fourth-order valence-electron chi connectivity index (χ4n) is 9.41. The van der Waals surface area contributed by atoms with Gasteiger partial charge in [-0.3, -0.25) is 9.59 Å². The first-order valence-electron chi connectivity index (χ1n) is 17.8. The molecule has 7 fully saturated rings. The van der Waals surface area contributed by atoms with Crippen LogP contribution in [0.3, 0.4) is 0 Å². The van der Waals surface area contributed by atoms with Crippen molar-refractivity contribution in [1.29, 1.82) is 0 Å². The topological polar surface area (TPSA) is 144 Å². The van der Waals surface area contributed by atoms with E-state index in [1.165, 1.54) is 13.8 Å². The van der Waals surface area contributed by atoms with E-state index >= 15 is 8.78 Å². The molecule has 56 heavy (non-hydrogen) atoms. The van der Waals surface area contributed by atoms with Gasteiger partial charge in [0.2, 0.25) is 11.2 Å². The number of hydrogen-bond acceptors (Lipinski definition) is 11. The molecule has 11 unspecified atom stereocenters. The van der Waals surface area contributed by atoms with Gasteiger partial charge in [-0.05, 0) is 71.1 Å². The number of fused-ring (bicyclic) bond motifs is 3. The smallest absolute Gasteiger partial charge is 0.462 e. The Morgan fingerprint density at radius 2 is 1.25 bits per heavy atom.